The van der Waals surface area contributed by atoms with Crippen molar-refractivity contribution in [1.29, 1.82) is 0 Å². The van der Waals surface area contributed by atoms with Gasteiger partial charge in [0, 0.05) is 55.9 Å². The van der Waals surface area contributed by atoms with Crippen molar-refractivity contribution in [3.05, 3.63) is 82.9 Å². The van der Waals surface area contributed by atoms with E-state index >= 15 is 0 Å². The molecule has 4 aromatic heterocycles. The molecule has 0 saturated carbocycles. The Labute approximate surface area is 289 Å². The van der Waals surface area contributed by atoms with Gasteiger partial charge in [-0.15, -0.1) is 0 Å². The molecule has 2 amide bonds. The van der Waals surface area contributed by atoms with Crippen LogP contribution in [0.2, 0.25) is 0 Å². The van der Waals surface area contributed by atoms with Crippen LogP contribution in [0.25, 0.3) is 22.2 Å². The first-order valence-electron chi connectivity index (χ1n) is 17.0. The average Bonchev–Trinajstić information content (AvgIpc) is 3.87. The van der Waals surface area contributed by atoms with Gasteiger partial charge in [0.2, 0.25) is 0 Å². The third kappa shape index (κ3) is 5.41. The molecule has 13 nitrogen and oxygen atoms in total. The fourth-order valence-corrected chi connectivity index (χ4v) is 7.92. The second kappa shape index (κ2) is 12.2. The Kier molecular flexibility index (Phi) is 7.74. The number of aliphatic hydroxyl groups is 1. The van der Waals surface area contributed by atoms with E-state index in [-0.39, 0.29) is 24.0 Å². The first kappa shape index (κ1) is 31.8. The summed E-state index contributed by atoms with van der Waals surface area (Å²) in [4.78, 5) is 38.3. The van der Waals surface area contributed by atoms with Crippen LogP contribution >= 0.6 is 0 Å². The Balaban J connectivity index is 1.20. The van der Waals surface area contributed by atoms with E-state index in [1.165, 1.54) is 16.2 Å². The van der Waals surface area contributed by atoms with E-state index in [2.05, 4.69) is 28.7 Å². The molecule has 0 spiro atoms. The number of carboxylic acid groups (broad SMARTS) is 1. The number of rotatable bonds is 8. The van der Waals surface area contributed by atoms with Gasteiger partial charge in [0.1, 0.15) is 17.3 Å². The van der Waals surface area contributed by atoms with Crippen LogP contribution in [0.5, 0.6) is 5.75 Å². The lowest BCUT2D eigenvalue weighted by Gasteiger charge is -2.31. The standard InChI is InChI=1S/C37H40N8O5/c1-37(2)17-23-16-29-35(47)44(15-14-43(29)30(23)18-37)33-28(21-46)26(8-11-38-33)27-9-12-39-34-31(27)32(40-24-10-13-42(20-24)36(48)49)41-45(34)19-22-4-6-25(50-3)7-5-22/h4-9,11-12,16,24,46H,10,13-15,17-21H2,1-3H3,(H,40,41)(H,48,49)/t24-/m1/s1. The molecule has 1 fully saturated rings. The van der Waals surface area contributed by atoms with Crippen molar-refractivity contribution in [2.45, 2.75) is 58.8 Å². The number of benzene rings is 1. The molecule has 6 heterocycles. The summed E-state index contributed by atoms with van der Waals surface area (Å²) in [6.45, 7) is 6.48. The molecule has 1 aliphatic carbocycles. The lowest BCUT2D eigenvalue weighted by molar-refractivity contribution is 0.0962. The van der Waals surface area contributed by atoms with Gasteiger partial charge >= 0.3 is 6.09 Å². The molecule has 0 unspecified atom stereocenters. The van der Waals surface area contributed by atoms with Crippen molar-refractivity contribution >= 4 is 34.7 Å². The number of pyridine rings is 2. The predicted molar refractivity (Wildman–Crippen MR) is 188 cm³/mol. The van der Waals surface area contributed by atoms with E-state index < -0.39 is 6.09 Å². The number of aliphatic hydroxyl groups excluding tert-OH is 1. The summed E-state index contributed by atoms with van der Waals surface area (Å²) in [6, 6.07) is 13.4. The van der Waals surface area contributed by atoms with Crippen LogP contribution in [-0.4, -0.2) is 84.2 Å². The zero-order chi connectivity index (χ0) is 34.7. The molecule has 1 aromatic carbocycles. The van der Waals surface area contributed by atoms with Crippen LogP contribution in [0.1, 0.15) is 53.1 Å². The number of fused-ring (bicyclic) bond motifs is 4. The van der Waals surface area contributed by atoms with Crippen LogP contribution in [-0.2, 0) is 32.5 Å². The topological polar surface area (TPSA) is 151 Å². The molecule has 1 saturated heterocycles. The van der Waals surface area contributed by atoms with Crippen LogP contribution in [0.3, 0.4) is 0 Å². The number of amides is 2. The highest BCUT2D eigenvalue weighted by molar-refractivity contribution is 6.07. The second-order valence-corrected chi connectivity index (χ2v) is 14.2. The molecule has 50 heavy (non-hydrogen) atoms. The zero-order valence-electron chi connectivity index (χ0n) is 28.4. The minimum absolute atomic E-state index is 0.124. The minimum atomic E-state index is -0.948. The highest BCUT2D eigenvalue weighted by Crippen LogP contribution is 2.41. The smallest absolute Gasteiger partial charge is 0.407 e. The SMILES string of the molecule is COc1ccc(Cn2nc(N[C@@H]3CCN(C(=O)O)C3)c3c(-c4ccnc(N5CCn6c(cc7c6CC(C)(C)C7)C5=O)c4CO)ccnc32)cc1. The molecule has 1 atom stereocenters. The number of hydrogen-bond donors (Lipinski definition) is 3. The second-order valence-electron chi connectivity index (χ2n) is 14.2. The van der Waals surface area contributed by atoms with E-state index in [1.54, 1.807) is 24.4 Å². The zero-order valence-corrected chi connectivity index (χ0v) is 28.4. The largest absolute Gasteiger partial charge is 0.497 e. The summed E-state index contributed by atoms with van der Waals surface area (Å²) >= 11 is 0. The maximum Gasteiger partial charge on any atom is 0.407 e. The number of hydrogen-bond acceptors (Lipinski definition) is 8. The Morgan fingerprint density at radius 1 is 1.04 bits per heavy atom. The van der Waals surface area contributed by atoms with E-state index in [0.717, 1.165) is 35.1 Å². The molecular weight excluding hydrogens is 636 g/mol. The van der Waals surface area contributed by atoms with E-state index in [0.29, 0.717) is 73.2 Å². The molecule has 2 aliphatic heterocycles. The van der Waals surface area contributed by atoms with Gasteiger partial charge < -0.3 is 29.7 Å². The first-order chi connectivity index (χ1) is 24.1. The van der Waals surface area contributed by atoms with Gasteiger partial charge in [0.25, 0.3) is 5.91 Å². The van der Waals surface area contributed by atoms with E-state index in [9.17, 15) is 19.8 Å². The average molecular weight is 677 g/mol. The molecule has 258 valence electrons. The maximum absolute atomic E-state index is 14.0. The Morgan fingerprint density at radius 3 is 2.56 bits per heavy atom. The van der Waals surface area contributed by atoms with Crippen molar-refractivity contribution in [2.75, 3.05) is 37.0 Å². The summed E-state index contributed by atoms with van der Waals surface area (Å²) in [5.41, 5.74) is 6.99. The third-order valence-corrected chi connectivity index (χ3v) is 10.3. The maximum atomic E-state index is 14.0. The minimum Gasteiger partial charge on any atom is -0.497 e. The molecular formula is C37H40N8O5. The fraction of sp³-hybridized carbons (Fsp3) is 0.378. The quantitative estimate of drug-likeness (QED) is 0.211. The molecule has 13 heteroatoms. The molecule has 0 radical (unpaired) electrons. The summed E-state index contributed by atoms with van der Waals surface area (Å²) in [7, 11) is 1.63. The summed E-state index contributed by atoms with van der Waals surface area (Å²) in [5.74, 6) is 1.63. The van der Waals surface area contributed by atoms with Crippen molar-refractivity contribution in [2.24, 2.45) is 5.41 Å². The normalized spacial score (nSPS) is 18.1. The van der Waals surface area contributed by atoms with E-state index in [1.807, 2.05) is 47.1 Å². The number of methoxy groups -OCH3 is 1. The van der Waals surface area contributed by atoms with Crippen molar-refractivity contribution in [1.82, 2.24) is 29.2 Å². The number of carbonyl (C=O) groups is 2. The van der Waals surface area contributed by atoms with Gasteiger partial charge in [-0.2, -0.15) is 5.10 Å². The Hall–Kier alpha value is -5.43. The monoisotopic (exact) mass is 676 g/mol. The highest BCUT2D eigenvalue weighted by Gasteiger charge is 2.38. The van der Waals surface area contributed by atoms with Gasteiger partial charge in [-0.1, -0.05) is 26.0 Å². The lowest BCUT2D eigenvalue weighted by atomic mass is 9.90. The van der Waals surface area contributed by atoms with Crippen molar-refractivity contribution in [3.63, 3.8) is 0 Å². The number of likely N-dealkylation sites (tertiary alicyclic amines) is 1. The number of ether oxygens (including phenoxy) is 1. The number of nitrogens with zero attached hydrogens (tertiary/aromatic N) is 7. The van der Waals surface area contributed by atoms with Crippen molar-refractivity contribution in [3.8, 4) is 16.9 Å². The van der Waals surface area contributed by atoms with Crippen LogP contribution in [0.4, 0.5) is 16.4 Å². The van der Waals surface area contributed by atoms with Gasteiger partial charge in [-0.25, -0.2) is 19.4 Å². The highest BCUT2D eigenvalue weighted by atomic mass is 16.5. The number of anilines is 2. The number of carbonyl (C=O) groups excluding carboxylic acids is 1. The number of aromatic nitrogens is 5. The molecule has 5 aromatic rings. The van der Waals surface area contributed by atoms with Crippen LogP contribution in [0, 0.1) is 5.41 Å². The predicted octanol–water partition coefficient (Wildman–Crippen LogP) is 4.79. The van der Waals surface area contributed by atoms with Gasteiger partial charge in [-0.05, 0) is 77.3 Å². The lowest BCUT2D eigenvalue weighted by Crippen LogP contribution is -2.41. The van der Waals surface area contributed by atoms with Crippen LogP contribution < -0.4 is 15.0 Å². The Morgan fingerprint density at radius 2 is 1.82 bits per heavy atom. The molecule has 3 aliphatic rings. The summed E-state index contributed by atoms with van der Waals surface area (Å²) in [6.07, 6.45) is 4.98. The van der Waals surface area contributed by atoms with Crippen molar-refractivity contribution < 1.29 is 24.5 Å². The molecule has 3 N–H and O–H groups in total. The Bertz CT molecular complexity index is 2140. The van der Waals surface area contributed by atoms with Gasteiger partial charge in [0.15, 0.2) is 11.5 Å². The molecule has 0 bridgehead atoms. The summed E-state index contributed by atoms with van der Waals surface area (Å²) in [5, 5.41) is 29.7. The van der Waals surface area contributed by atoms with Crippen LogP contribution in [0.15, 0.2) is 54.9 Å². The molecule has 8 rings (SSSR count). The third-order valence-electron chi connectivity index (χ3n) is 10.3. The van der Waals surface area contributed by atoms with Gasteiger partial charge in [0.05, 0.1) is 25.6 Å². The fourth-order valence-electron chi connectivity index (χ4n) is 7.92. The van der Waals surface area contributed by atoms with E-state index in [4.69, 9.17) is 14.8 Å². The first-order valence-corrected chi connectivity index (χ1v) is 17.0. The number of nitrogens with one attached hydrogen (secondary N) is 1. The van der Waals surface area contributed by atoms with Gasteiger partial charge in [-0.3, -0.25) is 9.69 Å². The summed E-state index contributed by atoms with van der Waals surface area (Å²) < 4.78 is 9.34.